The number of benzene rings is 1. The summed E-state index contributed by atoms with van der Waals surface area (Å²) >= 11 is 0. The SMILES string of the molecule is NCCCCCCCCN.NCCCCCCCCNC(=O)c1ccccc1. The van der Waals surface area contributed by atoms with Crippen LogP contribution in [-0.2, 0) is 0 Å². The second-order valence-electron chi connectivity index (χ2n) is 7.23. The number of nitrogens with two attached hydrogens (primary N) is 3. The molecular weight excluding hydrogens is 348 g/mol. The van der Waals surface area contributed by atoms with E-state index in [0.29, 0.717) is 0 Å². The van der Waals surface area contributed by atoms with E-state index in [2.05, 4.69) is 5.32 Å². The molecule has 0 saturated heterocycles. The lowest BCUT2D eigenvalue weighted by Gasteiger charge is -2.05. The molecule has 5 heteroatoms. The van der Waals surface area contributed by atoms with Crippen molar-refractivity contribution in [1.82, 2.24) is 5.32 Å². The molecule has 0 unspecified atom stereocenters. The summed E-state index contributed by atoms with van der Waals surface area (Å²) in [5.74, 6) is 0.0266. The van der Waals surface area contributed by atoms with Crippen LogP contribution in [0.4, 0.5) is 0 Å². The monoisotopic (exact) mass is 392 g/mol. The molecule has 1 aromatic carbocycles. The van der Waals surface area contributed by atoms with Crippen molar-refractivity contribution in [2.75, 3.05) is 26.2 Å². The molecule has 1 amide bonds. The van der Waals surface area contributed by atoms with Gasteiger partial charge < -0.3 is 22.5 Å². The molecule has 28 heavy (non-hydrogen) atoms. The lowest BCUT2D eigenvalue weighted by atomic mass is 10.1. The molecule has 0 fully saturated rings. The maximum atomic E-state index is 11.7. The molecule has 0 aliphatic rings. The van der Waals surface area contributed by atoms with Gasteiger partial charge in [-0.05, 0) is 57.5 Å². The van der Waals surface area contributed by atoms with E-state index in [1.54, 1.807) is 0 Å². The Balaban J connectivity index is 0.000000621. The second-order valence-corrected chi connectivity index (χ2v) is 7.23. The van der Waals surface area contributed by atoms with E-state index in [1.165, 1.54) is 64.2 Å². The van der Waals surface area contributed by atoms with Crippen molar-refractivity contribution in [2.45, 2.75) is 77.0 Å². The molecule has 0 saturated carbocycles. The molecule has 0 heterocycles. The topological polar surface area (TPSA) is 107 Å². The van der Waals surface area contributed by atoms with Crippen LogP contribution in [0.5, 0.6) is 0 Å². The van der Waals surface area contributed by atoms with Crippen molar-refractivity contribution in [3.05, 3.63) is 35.9 Å². The number of rotatable bonds is 16. The molecule has 162 valence electrons. The van der Waals surface area contributed by atoms with Gasteiger partial charge in [-0.3, -0.25) is 4.79 Å². The number of unbranched alkanes of at least 4 members (excludes halogenated alkanes) is 10. The smallest absolute Gasteiger partial charge is 0.251 e. The van der Waals surface area contributed by atoms with Crippen LogP contribution in [0.25, 0.3) is 0 Å². The largest absolute Gasteiger partial charge is 0.352 e. The van der Waals surface area contributed by atoms with Gasteiger partial charge in [-0.2, -0.15) is 0 Å². The van der Waals surface area contributed by atoms with Crippen LogP contribution < -0.4 is 22.5 Å². The van der Waals surface area contributed by atoms with E-state index in [-0.39, 0.29) is 5.91 Å². The normalized spacial score (nSPS) is 10.2. The Kier molecular flexibility index (Phi) is 20.7. The molecule has 0 aromatic heterocycles. The molecule has 7 N–H and O–H groups in total. The van der Waals surface area contributed by atoms with E-state index >= 15 is 0 Å². The summed E-state index contributed by atoms with van der Waals surface area (Å²) in [5.41, 5.74) is 16.9. The van der Waals surface area contributed by atoms with Crippen LogP contribution in [-0.4, -0.2) is 32.1 Å². The van der Waals surface area contributed by atoms with Gasteiger partial charge in [0.1, 0.15) is 0 Å². The Morgan fingerprint density at radius 1 is 0.607 bits per heavy atom. The van der Waals surface area contributed by atoms with Gasteiger partial charge in [-0.15, -0.1) is 0 Å². The second kappa shape index (κ2) is 21.9. The summed E-state index contributed by atoms with van der Waals surface area (Å²) in [6.45, 7) is 3.26. The molecule has 0 aliphatic heterocycles. The number of carbonyl (C=O) groups excluding carboxylic acids is 1. The van der Waals surface area contributed by atoms with Crippen molar-refractivity contribution in [1.29, 1.82) is 0 Å². The third-order valence-electron chi connectivity index (χ3n) is 4.61. The van der Waals surface area contributed by atoms with Crippen LogP contribution in [0, 0.1) is 0 Å². The van der Waals surface area contributed by atoms with Gasteiger partial charge in [-0.1, -0.05) is 69.6 Å². The molecule has 1 rings (SSSR count). The molecule has 0 atom stereocenters. The van der Waals surface area contributed by atoms with Crippen molar-refractivity contribution in [3.8, 4) is 0 Å². The van der Waals surface area contributed by atoms with Gasteiger partial charge >= 0.3 is 0 Å². The molecule has 0 spiro atoms. The average Bonchev–Trinajstić information content (AvgIpc) is 2.73. The molecule has 0 bridgehead atoms. The van der Waals surface area contributed by atoms with Crippen molar-refractivity contribution in [3.63, 3.8) is 0 Å². The van der Waals surface area contributed by atoms with Crippen LogP contribution in [0.2, 0.25) is 0 Å². The van der Waals surface area contributed by atoms with Gasteiger partial charge in [0.05, 0.1) is 0 Å². The van der Waals surface area contributed by atoms with Crippen LogP contribution in [0.3, 0.4) is 0 Å². The van der Waals surface area contributed by atoms with E-state index < -0.39 is 0 Å². The summed E-state index contributed by atoms with van der Waals surface area (Å²) in [6, 6.07) is 9.35. The number of carbonyl (C=O) groups is 1. The van der Waals surface area contributed by atoms with E-state index in [4.69, 9.17) is 17.2 Å². The molecule has 1 aromatic rings. The Hall–Kier alpha value is -1.43. The fourth-order valence-electron chi connectivity index (χ4n) is 2.87. The maximum absolute atomic E-state index is 11.7. The quantitative estimate of drug-likeness (QED) is 0.319. The number of hydrogen-bond acceptors (Lipinski definition) is 4. The highest BCUT2D eigenvalue weighted by atomic mass is 16.1. The lowest BCUT2D eigenvalue weighted by molar-refractivity contribution is 0.0953. The highest BCUT2D eigenvalue weighted by Crippen LogP contribution is 2.05. The fraction of sp³-hybridized carbons (Fsp3) is 0.696. The third-order valence-corrected chi connectivity index (χ3v) is 4.61. The van der Waals surface area contributed by atoms with Crippen molar-refractivity contribution >= 4 is 5.91 Å². The van der Waals surface area contributed by atoms with Crippen molar-refractivity contribution < 1.29 is 4.79 Å². The summed E-state index contributed by atoms with van der Waals surface area (Å²) < 4.78 is 0. The Labute approximate surface area is 172 Å². The average molecular weight is 393 g/mol. The zero-order valence-corrected chi connectivity index (χ0v) is 17.8. The minimum atomic E-state index is 0.0266. The molecule has 5 nitrogen and oxygen atoms in total. The summed E-state index contributed by atoms with van der Waals surface area (Å²) in [5, 5.41) is 2.94. The van der Waals surface area contributed by atoms with Gasteiger partial charge in [0.25, 0.3) is 5.91 Å². The Morgan fingerprint density at radius 3 is 1.43 bits per heavy atom. The standard InChI is InChI=1S/C15H24N2O.C8H20N2/c16-12-8-3-1-2-4-9-13-17-15(18)14-10-6-5-7-11-14;9-7-5-3-1-2-4-6-8-10/h5-7,10-11H,1-4,8-9,12-13,16H2,(H,17,18);1-10H2. The zero-order valence-electron chi connectivity index (χ0n) is 17.8. The van der Waals surface area contributed by atoms with Gasteiger partial charge in [0.15, 0.2) is 0 Å². The summed E-state index contributed by atoms with van der Waals surface area (Å²) in [4.78, 5) is 11.7. The first kappa shape index (κ1) is 26.6. The number of nitrogens with one attached hydrogen (secondary N) is 1. The fourth-order valence-corrected chi connectivity index (χ4v) is 2.87. The van der Waals surface area contributed by atoms with E-state index in [1.807, 2.05) is 30.3 Å². The highest BCUT2D eigenvalue weighted by Gasteiger charge is 2.02. The maximum Gasteiger partial charge on any atom is 0.251 e. The zero-order chi connectivity index (χ0) is 20.7. The van der Waals surface area contributed by atoms with Crippen LogP contribution >= 0.6 is 0 Å². The predicted molar refractivity (Wildman–Crippen MR) is 121 cm³/mol. The first-order chi connectivity index (χ1) is 13.8. The van der Waals surface area contributed by atoms with E-state index in [0.717, 1.165) is 44.6 Å². The third kappa shape index (κ3) is 18.0. The van der Waals surface area contributed by atoms with E-state index in [9.17, 15) is 4.79 Å². The minimum Gasteiger partial charge on any atom is -0.352 e. The van der Waals surface area contributed by atoms with Crippen molar-refractivity contribution in [2.24, 2.45) is 17.2 Å². The van der Waals surface area contributed by atoms with Crippen LogP contribution in [0.15, 0.2) is 30.3 Å². The predicted octanol–water partition coefficient (Wildman–Crippen LogP) is 3.96. The first-order valence-electron chi connectivity index (χ1n) is 11.2. The van der Waals surface area contributed by atoms with Crippen LogP contribution in [0.1, 0.15) is 87.4 Å². The summed E-state index contributed by atoms with van der Waals surface area (Å²) in [6.07, 6.45) is 14.7. The number of amides is 1. The highest BCUT2D eigenvalue weighted by molar-refractivity contribution is 5.94. The summed E-state index contributed by atoms with van der Waals surface area (Å²) in [7, 11) is 0. The lowest BCUT2D eigenvalue weighted by Crippen LogP contribution is -2.24. The Morgan fingerprint density at radius 2 is 1.00 bits per heavy atom. The van der Waals surface area contributed by atoms with Gasteiger partial charge in [-0.25, -0.2) is 0 Å². The molecule has 0 aliphatic carbocycles. The Bertz CT molecular complexity index is 431. The molecular formula is C23H44N4O. The molecule has 0 radical (unpaired) electrons. The first-order valence-corrected chi connectivity index (χ1v) is 11.2. The van der Waals surface area contributed by atoms with Gasteiger partial charge in [0.2, 0.25) is 0 Å². The van der Waals surface area contributed by atoms with Gasteiger partial charge in [0, 0.05) is 12.1 Å². The minimum absolute atomic E-state index is 0.0266. The number of hydrogen-bond donors (Lipinski definition) is 4.